The lowest BCUT2D eigenvalue weighted by Crippen LogP contribution is -2.49. The zero-order valence-electron chi connectivity index (χ0n) is 18.8. The lowest BCUT2D eigenvalue weighted by molar-refractivity contribution is -0.143. The minimum atomic E-state index is -1.06. The minimum absolute atomic E-state index is 0.154. The van der Waals surface area contributed by atoms with Crippen LogP contribution in [0.4, 0.5) is 11.5 Å². The van der Waals surface area contributed by atoms with Gasteiger partial charge >= 0.3 is 11.9 Å². The molecule has 180 valence electrons. The number of pyridine rings is 1. The Bertz CT molecular complexity index is 1310. The van der Waals surface area contributed by atoms with Crippen LogP contribution in [0, 0.1) is 11.3 Å². The van der Waals surface area contributed by atoms with Gasteiger partial charge in [0.1, 0.15) is 17.9 Å². The number of aromatic amines is 1. The lowest BCUT2D eigenvalue weighted by Gasteiger charge is -2.38. The summed E-state index contributed by atoms with van der Waals surface area (Å²) in [6.07, 6.45) is 2.87. The van der Waals surface area contributed by atoms with E-state index in [1.807, 2.05) is 9.80 Å². The van der Waals surface area contributed by atoms with Gasteiger partial charge in [-0.25, -0.2) is 4.98 Å². The summed E-state index contributed by atoms with van der Waals surface area (Å²) in [5, 5.41) is 31.6. The van der Waals surface area contributed by atoms with Gasteiger partial charge in [0.2, 0.25) is 5.91 Å². The first-order valence-corrected chi connectivity index (χ1v) is 11.1. The van der Waals surface area contributed by atoms with Gasteiger partial charge in [0.05, 0.1) is 12.0 Å². The van der Waals surface area contributed by atoms with E-state index in [4.69, 9.17) is 5.11 Å². The van der Waals surface area contributed by atoms with E-state index in [9.17, 15) is 24.8 Å². The van der Waals surface area contributed by atoms with Gasteiger partial charge in [-0.15, -0.1) is 0 Å². The first kappa shape index (κ1) is 23.7. The number of aromatic nitrogens is 2. The highest BCUT2D eigenvalue weighted by atomic mass is 16.4. The quantitative estimate of drug-likeness (QED) is 0.382. The first-order valence-electron chi connectivity index (χ1n) is 11.1. The molecule has 0 spiro atoms. The number of amides is 1. The number of nitriles is 1. The number of carbonyl (C=O) groups is 3. The van der Waals surface area contributed by atoms with Gasteiger partial charge in [-0.2, -0.15) is 5.26 Å². The van der Waals surface area contributed by atoms with E-state index in [0.29, 0.717) is 54.2 Å². The number of nitrogens with one attached hydrogen (secondary N) is 2. The molecule has 11 nitrogen and oxygen atoms in total. The molecule has 1 unspecified atom stereocenters. The SMILES string of the molecule is N#Cc1cccnc1N1CCN(C(C(=O)O)c2c[nH]c3ccc(NC(=O)CCC(=O)O)cc23)CC1. The van der Waals surface area contributed by atoms with Crippen LogP contribution in [-0.2, 0) is 14.4 Å². The summed E-state index contributed by atoms with van der Waals surface area (Å²) < 4.78 is 0. The Labute approximate surface area is 200 Å². The van der Waals surface area contributed by atoms with Gasteiger partial charge in [0.15, 0.2) is 0 Å². The largest absolute Gasteiger partial charge is 0.481 e. The van der Waals surface area contributed by atoms with Crippen molar-refractivity contribution < 1.29 is 24.6 Å². The van der Waals surface area contributed by atoms with Crippen molar-refractivity contribution >= 4 is 40.3 Å². The molecule has 0 saturated carbocycles. The maximum atomic E-state index is 12.4. The van der Waals surface area contributed by atoms with Crippen molar-refractivity contribution in [2.24, 2.45) is 0 Å². The predicted molar refractivity (Wildman–Crippen MR) is 127 cm³/mol. The number of anilines is 2. The highest BCUT2D eigenvalue weighted by molar-refractivity contribution is 5.96. The maximum absolute atomic E-state index is 12.4. The van der Waals surface area contributed by atoms with E-state index in [2.05, 4.69) is 21.4 Å². The Morgan fingerprint density at radius 1 is 1.14 bits per heavy atom. The molecule has 2 aromatic heterocycles. The standard InChI is InChI=1S/C24H24N6O5/c25-13-15-2-1-7-26-23(15)30-10-8-29(9-11-30)22(24(34)35)18-14-27-19-4-3-16(12-17(18)19)28-20(31)5-6-21(32)33/h1-4,7,12,14,22,27H,5-6,8-11H2,(H,28,31)(H,32,33)(H,34,35). The third-order valence-electron chi connectivity index (χ3n) is 5.98. The fourth-order valence-corrected chi connectivity index (χ4v) is 4.30. The molecule has 1 aliphatic heterocycles. The molecule has 0 bridgehead atoms. The van der Waals surface area contributed by atoms with Crippen molar-refractivity contribution in [2.75, 3.05) is 36.4 Å². The van der Waals surface area contributed by atoms with Gasteiger partial charge in [-0.05, 0) is 30.3 Å². The molecular formula is C24H24N6O5. The van der Waals surface area contributed by atoms with E-state index in [1.54, 1.807) is 42.7 Å². The Kier molecular flexibility index (Phi) is 6.93. The van der Waals surface area contributed by atoms with Gasteiger partial charge in [-0.3, -0.25) is 19.3 Å². The molecule has 1 atom stereocenters. The number of fused-ring (bicyclic) bond motifs is 1. The third kappa shape index (κ3) is 5.23. The third-order valence-corrected chi connectivity index (χ3v) is 5.98. The number of hydrogen-bond donors (Lipinski definition) is 4. The molecule has 1 fully saturated rings. The molecule has 1 saturated heterocycles. The van der Waals surface area contributed by atoms with Gasteiger partial charge in [0, 0.05) is 67.1 Å². The van der Waals surface area contributed by atoms with Gasteiger partial charge in [-0.1, -0.05) is 0 Å². The Morgan fingerprint density at radius 3 is 2.60 bits per heavy atom. The van der Waals surface area contributed by atoms with Crippen LogP contribution in [0.2, 0.25) is 0 Å². The summed E-state index contributed by atoms with van der Waals surface area (Å²) in [4.78, 5) is 46.4. The number of carboxylic acid groups (broad SMARTS) is 2. The van der Waals surface area contributed by atoms with E-state index in [0.717, 1.165) is 5.52 Å². The van der Waals surface area contributed by atoms with Crippen LogP contribution in [0.1, 0.15) is 30.0 Å². The maximum Gasteiger partial charge on any atom is 0.325 e. The number of carboxylic acids is 2. The second-order valence-corrected chi connectivity index (χ2v) is 8.20. The number of piperazine rings is 1. The number of H-pyrrole nitrogens is 1. The topological polar surface area (TPSA) is 163 Å². The Balaban J connectivity index is 1.53. The van der Waals surface area contributed by atoms with Gasteiger partial charge < -0.3 is 25.4 Å². The van der Waals surface area contributed by atoms with Crippen molar-refractivity contribution in [3.63, 3.8) is 0 Å². The fraction of sp³-hybridized carbons (Fsp3) is 0.292. The normalized spacial score (nSPS) is 14.9. The second kappa shape index (κ2) is 10.2. The summed E-state index contributed by atoms with van der Waals surface area (Å²) in [6, 6.07) is 9.76. The molecule has 0 aliphatic carbocycles. The molecule has 3 aromatic rings. The minimum Gasteiger partial charge on any atom is -0.481 e. The summed E-state index contributed by atoms with van der Waals surface area (Å²) in [7, 11) is 0. The van der Waals surface area contributed by atoms with E-state index in [-0.39, 0.29) is 12.8 Å². The van der Waals surface area contributed by atoms with E-state index >= 15 is 0 Å². The van der Waals surface area contributed by atoms with Crippen LogP contribution in [0.3, 0.4) is 0 Å². The summed E-state index contributed by atoms with van der Waals surface area (Å²) in [6.45, 7) is 1.94. The number of benzene rings is 1. The van der Waals surface area contributed by atoms with Crippen LogP contribution < -0.4 is 10.2 Å². The van der Waals surface area contributed by atoms with Gasteiger partial charge in [0.25, 0.3) is 0 Å². The highest BCUT2D eigenvalue weighted by Gasteiger charge is 2.33. The van der Waals surface area contributed by atoms with Crippen LogP contribution in [0.15, 0.2) is 42.7 Å². The zero-order valence-corrected chi connectivity index (χ0v) is 18.8. The van der Waals surface area contributed by atoms with Crippen molar-refractivity contribution in [1.82, 2.24) is 14.9 Å². The number of rotatable bonds is 8. The Hall–Kier alpha value is -4.43. The van der Waals surface area contributed by atoms with Crippen molar-refractivity contribution in [1.29, 1.82) is 5.26 Å². The number of hydrogen-bond acceptors (Lipinski definition) is 7. The molecule has 1 amide bonds. The molecule has 1 aliphatic rings. The first-order chi connectivity index (χ1) is 16.9. The van der Waals surface area contributed by atoms with Crippen molar-refractivity contribution in [3.8, 4) is 6.07 Å². The molecular weight excluding hydrogens is 452 g/mol. The monoisotopic (exact) mass is 476 g/mol. The fourth-order valence-electron chi connectivity index (χ4n) is 4.30. The summed E-state index contributed by atoms with van der Waals surface area (Å²) in [5.41, 5.74) is 2.23. The van der Waals surface area contributed by atoms with Crippen molar-refractivity contribution in [3.05, 3.63) is 53.9 Å². The van der Waals surface area contributed by atoms with Crippen LogP contribution >= 0.6 is 0 Å². The number of carbonyl (C=O) groups excluding carboxylic acids is 1. The highest BCUT2D eigenvalue weighted by Crippen LogP contribution is 2.32. The Morgan fingerprint density at radius 2 is 1.91 bits per heavy atom. The van der Waals surface area contributed by atoms with Crippen molar-refractivity contribution in [2.45, 2.75) is 18.9 Å². The summed E-state index contributed by atoms with van der Waals surface area (Å²) in [5.74, 6) is -1.89. The smallest absolute Gasteiger partial charge is 0.325 e. The molecule has 4 rings (SSSR count). The summed E-state index contributed by atoms with van der Waals surface area (Å²) >= 11 is 0. The molecule has 35 heavy (non-hydrogen) atoms. The molecule has 3 heterocycles. The lowest BCUT2D eigenvalue weighted by atomic mass is 10.0. The zero-order chi connectivity index (χ0) is 24.9. The van der Waals surface area contributed by atoms with E-state index < -0.39 is 23.9 Å². The van der Waals surface area contributed by atoms with Crippen LogP contribution in [0.5, 0.6) is 0 Å². The molecule has 4 N–H and O–H groups in total. The van der Waals surface area contributed by atoms with Crippen LogP contribution in [0.25, 0.3) is 10.9 Å². The predicted octanol–water partition coefficient (Wildman–Crippen LogP) is 2.19. The number of nitrogens with zero attached hydrogens (tertiary/aromatic N) is 4. The average molecular weight is 476 g/mol. The second-order valence-electron chi connectivity index (χ2n) is 8.20. The molecule has 11 heteroatoms. The molecule has 0 radical (unpaired) electrons. The van der Waals surface area contributed by atoms with E-state index in [1.165, 1.54) is 0 Å². The molecule has 1 aromatic carbocycles. The number of aliphatic carboxylic acids is 2. The van der Waals surface area contributed by atoms with Crippen LogP contribution in [-0.4, -0.2) is 69.1 Å². The average Bonchev–Trinajstić information content (AvgIpc) is 3.26.